The molecule has 0 heterocycles. The molecule has 0 saturated carbocycles. The molecule has 1 amide bonds. The maximum absolute atomic E-state index is 12.1. The van der Waals surface area contributed by atoms with Gasteiger partial charge in [-0.1, -0.05) is 32.9 Å². The Balaban J connectivity index is 2.67. The van der Waals surface area contributed by atoms with Crippen molar-refractivity contribution in [2.45, 2.75) is 44.6 Å². The van der Waals surface area contributed by atoms with Crippen LogP contribution in [-0.4, -0.2) is 34.5 Å². The molecule has 0 aliphatic heterocycles. The lowest BCUT2D eigenvalue weighted by Crippen LogP contribution is -2.36. The van der Waals surface area contributed by atoms with E-state index in [1.165, 1.54) is 0 Å². The molecule has 6 heteroatoms. The zero-order chi connectivity index (χ0) is 16.5. The molecule has 1 atom stereocenters. The summed E-state index contributed by atoms with van der Waals surface area (Å²) in [6.07, 6.45) is 1.66. The summed E-state index contributed by atoms with van der Waals surface area (Å²) in [5.41, 5.74) is 0.248. The Bertz CT molecular complexity index is 541. The van der Waals surface area contributed by atoms with E-state index in [-0.39, 0.29) is 24.1 Å². The maximum atomic E-state index is 12.1. The average Bonchev–Trinajstić information content (AvgIpc) is 2.56. The molecule has 0 spiro atoms. The zero-order valence-electron chi connectivity index (χ0n) is 13.3. The van der Waals surface area contributed by atoms with Gasteiger partial charge in [-0.3, -0.25) is 9.00 Å². The van der Waals surface area contributed by atoms with Gasteiger partial charge in [0.05, 0.1) is 21.3 Å². The highest BCUT2D eigenvalue weighted by molar-refractivity contribution is 7.85. The molecule has 1 aromatic carbocycles. The van der Waals surface area contributed by atoms with Crippen molar-refractivity contribution in [3.63, 3.8) is 0 Å². The van der Waals surface area contributed by atoms with Crippen LogP contribution >= 0.6 is 0 Å². The number of hydrogen-bond acceptors (Lipinski definition) is 4. The van der Waals surface area contributed by atoms with Crippen molar-refractivity contribution in [3.05, 3.63) is 29.8 Å². The summed E-state index contributed by atoms with van der Waals surface area (Å²) in [4.78, 5) is 24.3. The quantitative estimate of drug-likeness (QED) is 0.744. The highest BCUT2D eigenvalue weighted by Gasteiger charge is 2.17. The van der Waals surface area contributed by atoms with Crippen molar-refractivity contribution in [2.75, 3.05) is 12.4 Å². The first-order valence-electron chi connectivity index (χ1n) is 7.47. The van der Waals surface area contributed by atoms with Crippen LogP contribution < -0.4 is 5.32 Å². The van der Waals surface area contributed by atoms with Gasteiger partial charge in [0.15, 0.2) is 6.61 Å². The number of carbonyl (C=O) groups is 2. The van der Waals surface area contributed by atoms with Crippen LogP contribution in [0.15, 0.2) is 29.2 Å². The van der Waals surface area contributed by atoms with E-state index >= 15 is 0 Å². The SMILES string of the molecule is CCC(CC)NC(=O)COC(=O)c1ccccc1[S@@](=O)CC. The summed E-state index contributed by atoms with van der Waals surface area (Å²) >= 11 is 0. The van der Waals surface area contributed by atoms with Gasteiger partial charge in [0.1, 0.15) is 0 Å². The Morgan fingerprint density at radius 1 is 1.18 bits per heavy atom. The number of benzene rings is 1. The van der Waals surface area contributed by atoms with Crippen molar-refractivity contribution in [1.29, 1.82) is 0 Å². The highest BCUT2D eigenvalue weighted by atomic mass is 32.2. The minimum atomic E-state index is -1.25. The third-order valence-electron chi connectivity index (χ3n) is 3.30. The molecule has 5 nitrogen and oxygen atoms in total. The van der Waals surface area contributed by atoms with E-state index < -0.39 is 16.8 Å². The van der Waals surface area contributed by atoms with Gasteiger partial charge in [-0.05, 0) is 25.0 Å². The summed E-state index contributed by atoms with van der Waals surface area (Å²) in [6.45, 7) is 5.41. The second-order valence-corrected chi connectivity index (χ2v) is 6.50. The van der Waals surface area contributed by atoms with E-state index in [0.29, 0.717) is 10.6 Å². The second kappa shape index (κ2) is 9.35. The van der Waals surface area contributed by atoms with Crippen LogP contribution in [0.25, 0.3) is 0 Å². The monoisotopic (exact) mass is 325 g/mol. The van der Waals surface area contributed by atoms with E-state index in [1.54, 1.807) is 31.2 Å². The summed E-state index contributed by atoms with van der Waals surface area (Å²) in [5.74, 6) is -0.535. The van der Waals surface area contributed by atoms with Crippen molar-refractivity contribution < 1.29 is 18.5 Å². The Labute approximate surface area is 133 Å². The first-order chi connectivity index (χ1) is 10.5. The molecule has 0 bridgehead atoms. The van der Waals surface area contributed by atoms with Crippen molar-refractivity contribution in [2.24, 2.45) is 0 Å². The molecule has 1 N–H and O–H groups in total. The summed E-state index contributed by atoms with van der Waals surface area (Å²) in [7, 11) is -1.25. The minimum Gasteiger partial charge on any atom is -0.452 e. The fraction of sp³-hybridized carbons (Fsp3) is 0.500. The van der Waals surface area contributed by atoms with Crippen LogP contribution in [0.1, 0.15) is 44.0 Å². The van der Waals surface area contributed by atoms with E-state index in [2.05, 4.69) is 5.32 Å². The topological polar surface area (TPSA) is 72.5 Å². The molecule has 0 aromatic heterocycles. The first kappa shape index (κ1) is 18.4. The maximum Gasteiger partial charge on any atom is 0.339 e. The molecule has 0 radical (unpaired) electrons. The van der Waals surface area contributed by atoms with Crippen LogP contribution in [0.3, 0.4) is 0 Å². The van der Waals surface area contributed by atoms with Crippen LogP contribution in [-0.2, 0) is 20.3 Å². The summed E-state index contributed by atoms with van der Waals surface area (Å²) in [5, 5.41) is 2.80. The highest BCUT2D eigenvalue weighted by Crippen LogP contribution is 2.15. The number of esters is 1. The lowest BCUT2D eigenvalue weighted by Gasteiger charge is -2.14. The fourth-order valence-corrected chi connectivity index (χ4v) is 2.90. The van der Waals surface area contributed by atoms with Crippen molar-refractivity contribution in [3.8, 4) is 0 Å². The Hall–Kier alpha value is -1.69. The van der Waals surface area contributed by atoms with Gasteiger partial charge in [0.25, 0.3) is 5.91 Å². The average molecular weight is 325 g/mol. The van der Waals surface area contributed by atoms with E-state index in [0.717, 1.165) is 12.8 Å². The van der Waals surface area contributed by atoms with Gasteiger partial charge in [-0.2, -0.15) is 0 Å². The molecule has 122 valence electrons. The predicted octanol–water partition coefficient (Wildman–Crippen LogP) is 2.28. The standard InChI is InChI=1S/C16H23NO4S/c1-4-12(5-2)17-15(18)11-21-16(19)13-9-7-8-10-14(13)22(20)6-3/h7-10,12H,4-6,11H2,1-3H3,(H,17,18)/t22-/m0/s1. The number of ether oxygens (including phenoxy) is 1. The predicted molar refractivity (Wildman–Crippen MR) is 86.2 cm³/mol. The lowest BCUT2D eigenvalue weighted by molar-refractivity contribution is -0.125. The molecule has 22 heavy (non-hydrogen) atoms. The number of amides is 1. The normalized spacial score (nSPS) is 12.0. The number of hydrogen-bond donors (Lipinski definition) is 1. The minimum absolute atomic E-state index is 0.0890. The van der Waals surface area contributed by atoms with Gasteiger partial charge in [-0.15, -0.1) is 0 Å². The molecular formula is C16H23NO4S. The van der Waals surface area contributed by atoms with E-state index in [4.69, 9.17) is 4.74 Å². The third-order valence-corrected chi connectivity index (χ3v) is 4.67. The molecular weight excluding hydrogens is 302 g/mol. The summed E-state index contributed by atoms with van der Waals surface area (Å²) < 4.78 is 17.0. The molecule has 0 fully saturated rings. The first-order valence-corrected chi connectivity index (χ1v) is 8.79. The third kappa shape index (κ3) is 5.26. The van der Waals surface area contributed by atoms with Gasteiger partial charge in [0, 0.05) is 11.8 Å². The Morgan fingerprint density at radius 3 is 2.41 bits per heavy atom. The number of nitrogens with one attached hydrogen (secondary N) is 1. The summed E-state index contributed by atoms with van der Waals surface area (Å²) in [6, 6.07) is 6.69. The van der Waals surface area contributed by atoms with Gasteiger partial charge in [-0.25, -0.2) is 4.79 Å². The lowest BCUT2D eigenvalue weighted by atomic mass is 10.2. The van der Waals surface area contributed by atoms with Crippen LogP contribution in [0.5, 0.6) is 0 Å². The fourth-order valence-electron chi connectivity index (χ4n) is 1.96. The molecule has 0 aliphatic rings. The molecule has 0 unspecified atom stereocenters. The molecule has 0 saturated heterocycles. The Kier molecular flexibility index (Phi) is 7.80. The van der Waals surface area contributed by atoms with Crippen LogP contribution in [0.2, 0.25) is 0 Å². The van der Waals surface area contributed by atoms with Gasteiger partial charge >= 0.3 is 5.97 Å². The molecule has 0 aliphatic carbocycles. The van der Waals surface area contributed by atoms with Crippen molar-refractivity contribution >= 4 is 22.7 Å². The van der Waals surface area contributed by atoms with Gasteiger partial charge in [0.2, 0.25) is 0 Å². The number of carbonyl (C=O) groups excluding carboxylic acids is 2. The van der Waals surface area contributed by atoms with Gasteiger partial charge < -0.3 is 10.1 Å². The molecule has 1 aromatic rings. The second-order valence-electron chi connectivity index (χ2n) is 4.79. The molecule has 1 rings (SSSR count). The van der Waals surface area contributed by atoms with Crippen LogP contribution in [0, 0.1) is 0 Å². The smallest absolute Gasteiger partial charge is 0.339 e. The van der Waals surface area contributed by atoms with E-state index in [9.17, 15) is 13.8 Å². The van der Waals surface area contributed by atoms with Crippen molar-refractivity contribution in [1.82, 2.24) is 5.32 Å². The van der Waals surface area contributed by atoms with E-state index in [1.807, 2.05) is 13.8 Å². The number of rotatable bonds is 8. The largest absolute Gasteiger partial charge is 0.452 e. The zero-order valence-corrected chi connectivity index (χ0v) is 14.1. The Morgan fingerprint density at radius 2 is 1.82 bits per heavy atom. The van der Waals surface area contributed by atoms with Crippen LogP contribution in [0.4, 0.5) is 0 Å².